The molecule has 0 amide bonds. The number of likely N-dealkylation sites (N-methyl/N-ethyl adjacent to an activating group) is 1. The average Bonchev–Trinajstić information content (AvgIpc) is 3.39. The van der Waals surface area contributed by atoms with Gasteiger partial charge in [-0.15, -0.1) is 10.2 Å². The molecular formula is C22H35N7O2. The molecule has 170 valence electrons. The maximum atomic E-state index is 5.82. The van der Waals surface area contributed by atoms with Crippen molar-refractivity contribution in [2.24, 2.45) is 12.0 Å². The first-order chi connectivity index (χ1) is 15.1. The number of rotatable bonds is 10. The van der Waals surface area contributed by atoms with Gasteiger partial charge in [-0.25, -0.2) is 4.99 Å². The Labute approximate surface area is 184 Å². The monoisotopic (exact) mass is 429 g/mol. The lowest BCUT2D eigenvalue weighted by Crippen LogP contribution is -2.45. The molecule has 1 saturated heterocycles. The van der Waals surface area contributed by atoms with Gasteiger partial charge in [-0.1, -0.05) is 6.92 Å². The molecule has 2 aromatic rings. The highest BCUT2D eigenvalue weighted by molar-refractivity contribution is 5.79. The van der Waals surface area contributed by atoms with Gasteiger partial charge in [-0.05, 0) is 57.1 Å². The highest BCUT2D eigenvalue weighted by atomic mass is 16.5. The van der Waals surface area contributed by atoms with Crippen molar-refractivity contribution in [2.45, 2.75) is 39.3 Å². The van der Waals surface area contributed by atoms with Crippen molar-refractivity contribution in [3.05, 3.63) is 35.9 Å². The van der Waals surface area contributed by atoms with E-state index in [0.29, 0.717) is 25.7 Å². The first-order valence-electron chi connectivity index (χ1n) is 11.0. The standard InChI is InChI=1S/C22H35N7O2/c1-5-29-13-6-7-18(29)15-24-22(25-16-21-27-26-17(2)28(21)3)23-12-14-31-20-10-8-19(30-4)9-11-20/h8-11,18H,5-7,12-16H2,1-4H3,(H2,23,24,25). The van der Waals surface area contributed by atoms with Gasteiger partial charge < -0.3 is 24.7 Å². The number of aromatic nitrogens is 3. The molecule has 0 saturated carbocycles. The van der Waals surface area contributed by atoms with E-state index in [2.05, 4.69) is 32.7 Å². The van der Waals surface area contributed by atoms with E-state index in [1.807, 2.05) is 42.8 Å². The molecule has 2 heterocycles. The first kappa shape index (κ1) is 22.9. The Bertz CT molecular complexity index is 835. The van der Waals surface area contributed by atoms with Crippen LogP contribution in [0.3, 0.4) is 0 Å². The lowest BCUT2D eigenvalue weighted by Gasteiger charge is -2.24. The predicted octanol–water partition coefficient (Wildman–Crippen LogP) is 1.73. The number of nitrogens with zero attached hydrogens (tertiary/aromatic N) is 5. The number of aryl methyl sites for hydroxylation is 1. The number of hydrogen-bond acceptors (Lipinski definition) is 6. The van der Waals surface area contributed by atoms with E-state index >= 15 is 0 Å². The summed E-state index contributed by atoms with van der Waals surface area (Å²) < 4.78 is 13.0. The molecule has 9 heteroatoms. The van der Waals surface area contributed by atoms with Crippen molar-refractivity contribution in [3.63, 3.8) is 0 Å². The van der Waals surface area contributed by atoms with Gasteiger partial charge in [0.05, 0.1) is 13.7 Å². The largest absolute Gasteiger partial charge is 0.497 e. The van der Waals surface area contributed by atoms with Crippen LogP contribution in [-0.2, 0) is 13.6 Å². The molecule has 1 unspecified atom stereocenters. The van der Waals surface area contributed by atoms with Gasteiger partial charge in [-0.2, -0.15) is 0 Å². The molecular weight excluding hydrogens is 394 g/mol. The third-order valence-corrected chi connectivity index (χ3v) is 5.69. The van der Waals surface area contributed by atoms with E-state index in [4.69, 9.17) is 14.5 Å². The number of likely N-dealkylation sites (tertiary alicyclic amines) is 1. The number of nitrogens with one attached hydrogen (secondary N) is 2. The molecule has 0 bridgehead atoms. The van der Waals surface area contributed by atoms with Gasteiger partial charge in [0.25, 0.3) is 0 Å². The summed E-state index contributed by atoms with van der Waals surface area (Å²) in [5, 5.41) is 15.2. The minimum absolute atomic E-state index is 0.466. The molecule has 9 nitrogen and oxygen atoms in total. The van der Waals surface area contributed by atoms with Crippen molar-refractivity contribution < 1.29 is 9.47 Å². The maximum absolute atomic E-state index is 5.82. The van der Waals surface area contributed by atoms with Gasteiger partial charge in [0.15, 0.2) is 11.8 Å². The van der Waals surface area contributed by atoms with E-state index < -0.39 is 0 Å². The number of ether oxygens (including phenoxy) is 2. The van der Waals surface area contributed by atoms with Crippen LogP contribution in [0.4, 0.5) is 0 Å². The van der Waals surface area contributed by atoms with Crippen LogP contribution in [0.15, 0.2) is 29.3 Å². The summed E-state index contributed by atoms with van der Waals surface area (Å²) in [6.45, 7) is 8.92. The van der Waals surface area contributed by atoms with Crippen molar-refractivity contribution in [3.8, 4) is 11.5 Å². The van der Waals surface area contributed by atoms with E-state index in [9.17, 15) is 0 Å². The van der Waals surface area contributed by atoms with Crippen LogP contribution in [0.25, 0.3) is 0 Å². The molecule has 2 N–H and O–H groups in total. The quantitative estimate of drug-likeness (QED) is 0.338. The first-order valence-corrected chi connectivity index (χ1v) is 11.0. The molecule has 31 heavy (non-hydrogen) atoms. The number of aliphatic imine (C=N–C) groups is 1. The third kappa shape index (κ3) is 6.58. The third-order valence-electron chi connectivity index (χ3n) is 5.69. The topological polar surface area (TPSA) is 88.8 Å². The Hall–Kier alpha value is -2.81. The van der Waals surface area contributed by atoms with Crippen LogP contribution in [0.5, 0.6) is 11.5 Å². The summed E-state index contributed by atoms with van der Waals surface area (Å²) in [5.74, 6) is 4.11. The summed E-state index contributed by atoms with van der Waals surface area (Å²) in [5.41, 5.74) is 0. The van der Waals surface area contributed by atoms with Crippen molar-refractivity contribution in [2.75, 3.05) is 39.9 Å². The van der Waals surface area contributed by atoms with E-state index in [-0.39, 0.29) is 0 Å². The van der Waals surface area contributed by atoms with Crippen LogP contribution in [-0.4, -0.2) is 71.6 Å². The molecule has 1 aliphatic rings. The van der Waals surface area contributed by atoms with Crippen LogP contribution < -0.4 is 20.1 Å². The zero-order valence-electron chi connectivity index (χ0n) is 19.1. The molecule has 3 rings (SSSR count). The second-order valence-corrected chi connectivity index (χ2v) is 7.64. The number of guanidine groups is 1. The van der Waals surface area contributed by atoms with Crippen LogP contribution >= 0.6 is 0 Å². The summed E-state index contributed by atoms with van der Waals surface area (Å²) in [6, 6.07) is 8.14. The van der Waals surface area contributed by atoms with Crippen molar-refractivity contribution >= 4 is 5.96 Å². The number of benzene rings is 1. The highest BCUT2D eigenvalue weighted by Gasteiger charge is 2.22. The second kappa shape index (κ2) is 11.5. The van der Waals surface area contributed by atoms with E-state index in [1.54, 1.807) is 7.11 Å². The predicted molar refractivity (Wildman–Crippen MR) is 122 cm³/mol. The Morgan fingerprint density at radius 2 is 1.97 bits per heavy atom. The Morgan fingerprint density at radius 3 is 2.65 bits per heavy atom. The van der Waals surface area contributed by atoms with Gasteiger partial charge in [0, 0.05) is 19.6 Å². The molecule has 1 aliphatic heterocycles. The molecule has 1 atom stereocenters. The summed E-state index contributed by atoms with van der Waals surface area (Å²) in [7, 11) is 3.61. The second-order valence-electron chi connectivity index (χ2n) is 7.64. The number of hydrogen-bond donors (Lipinski definition) is 2. The summed E-state index contributed by atoms with van der Waals surface area (Å²) in [6.07, 6.45) is 2.48. The average molecular weight is 430 g/mol. The molecule has 1 fully saturated rings. The van der Waals surface area contributed by atoms with E-state index in [0.717, 1.165) is 42.2 Å². The SMILES string of the molecule is CCN1CCCC1CNC(=NCc1nnc(C)n1C)NCCOc1ccc(OC)cc1. The summed E-state index contributed by atoms with van der Waals surface area (Å²) in [4.78, 5) is 7.24. The van der Waals surface area contributed by atoms with E-state index in [1.165, 1.54) is 19.4 Å². The Morgan fingerprint density at radius 1 is 1.19 bits per heavy atom. The highest BCUT2D eigenvalue weighted by Crippen LogP contribution is 2.17. The Balaban J connectivity index is 1.53. The minimum atomic E-state index is 0.466. The molecule has 0 aliphatic carbocycles. The van der Waals surface area contributed by atoms with Crippen molar-refractivity contribution in [1.82, 2.24) is 30.3 Å². The summed E-state index contributed by atoms with van der Waals surface area (Å²) >= 11 is 0. The molecule has 0 spiro atoms. The van der Waals surface area contributed by atoms with Crippen LogP contribution in [0, 0.1) is 6.92 Å². The fourth-order valence-corrected chi connectivity index (χ4v) is 3.68. The van der Waals surface area contributed by atoms with Gasteiger partial charge >= 0.3 is 0 Å². The molecule has 0 radical (unpaired) electrons. The fraction of sp³-hybridized carbons (Fsp3) is 0.591. The molecule has 1 aromatic carbocycles. The van der Waals surface area contributed by atoms with Crippen LogP contribution in [0.2, 0.25) is 0 Å². The van der Waals surface area contributed by atoms with Crippen LogP contribution in [0.1, 0.15) is 31.4 Å². The zero-order valence-corrected chi connectivity index (χ0v) is 19.1. The normalized spacial score (nSPS) is 17.0. The van der Waals surface area contributed by atoms with Gasteiger partial charge in [-0.3, -0.25) is 4.90 Å². The van der Waals surface area contributed by atoms with Crippen molar-refractivity contribution in [1.29, 1.82) is 0 Å². The van der Waals surface area contributed by atoms with Gasteiger partial charge in [0.1, 0.15) is 30.5 Å². The smallest absolute Gasteiger partial charge is 0.191 e. The maximum Gasteiger partial charge on any atom is 0.191 e. The zero-order chi connectivity index (χ0) is 22.1. The lowest BCUT2D eigenvalue weighted by atomic mass is 10.2. The Kier molecular flexibility index (Phi) is 8.52. The molecule has 1 aromatic heterocycles. The lowest BCUT2D eigenvalue weighted by molar-refractivity contribution is 0.266. The van der Waals surface area contributed by atoms with Gasteiger partial charge in [0.2, 0.25) is 0 Å². The fourth-order valence-electron chi connectivity index (χ4n) is 3.68. The number of methoxy groups -OCH3 is 1. The minimum Gasteiger partial charge on any atom is -0.497 e.